The van der Waals surface area contributed by atoms with E-state index in [4.69, 9.17) is 9.47 Å². The molecule has 5 atom stereocenters. The summed E-state index contributed by atoms with van der Waals surface area (Å²) < 4.78 is 9.99. The number of allylic oxidation sites excluding steroid dienone is 1. The van der Waals surface area contributed by atoms with E-state index in [1.165, 1.54) is 19.8 Å². The largest absolute Gasteiger partial charge is 0.469 e. The minimum absolute atomic E-state index is 0.0567. The molecule has 2 aliphatic rings. The van der Waals surface area contributed by atoms with E-state index in [-0.39, 0.29) is 17.4 Å². The van der Waals surface area contributed by atoms with E-state index in [9.17, 15) is 9.59 Å². The van der Waals surface area contributed by atoms with Crippen molar-refractivity contribution < 1.29 is 19.1 Å². The fourth-order valence-electron chi connectivity index (χ4n) is 5.88. The van der Waals surface area contributed by atoms with Gasteiger partial charge in [-0.05, 0) is 68.6 Å². The molecule has 4 nitrogen and oxygen atoms in total. The SMILES string of the molecule is C=C1CC[C@@H]2[C@@](C)(CCC[C@]2(C)C(=O)OC)[C@@H]1CC[C@@H](C)CC(=O)OC. The van der Waals surface area contributed by atoms with Crippen LogP contribution in [0.1, 0.15) is 72.1 Å². The highest BCUT2D eigenvalue weighted by Crippen LogP contribution is 2.62. The molecule has 2 fully saturated rings. The van der Waals surface area contributed by atoms with E-state index < -0.39 is 5.41 Å². The molecular formula is C22H36O4. The highest BCUT2D eigenvalue weighted by molar-refractivity contribution is 5.77. The van der Waals surface area contributed by atoms with Crippen LogP contribution in [-0.2, 0) is 19.1 Å². The highest BCUT2D eigenvalue weighted by atomic mass is 16.5. The molecule has 0 N–H and O–H groups in total. The zero-order valence-corrected chi connectivity index (χ0v) is 17.2. The molecule has 0 saturated heterocycles. The predicted molar refractivity (Wildman–Crippen MR) is 102 cm³/mol. The minimum Gasteiger partial charge on any atom is -0.469 e. The van der Waals surface area contributed by atoms with Gasteiger partial charge in [-0.1, -0.05) is 32.4 Å². The molecule has 2 aliphatic carbocycles. The van der Waals surface area contributed by atoms with Crippen LogP contribution < -0.4 is 0 Å². The third-order valence-corrected chi connectivity index (χ3v) is 7.36. The summed E-state index contributed by atoms with van der Waals surface area (Å²) in [4.78, 5) is 24.1. The number of ether oxygens (including phenoxy) is 2. The van der Waals surface area contributed by atoms with Crippen LogP contribution in [0.25, 0.3) is 0 Å². The third-order valence-electron chi connectivity index (χ3n) is 7.36. The Labute approximate surface area is 158 Å². The maximum absolute atomic E-state index is 12.6. The molecule has 0 aromatic carbocycles. The molecule has 2 saturated carbocycles. The summed E-state index contributed by atoms with van der Waals surface area (Å²) in [5, 5.41) is 0. The van der Waals surface area contributed by atoms with Gasteiger partial charge in [0, 0.05) is 6.42 Å². The number of methoxy groups -OCH3 is 2. The zero-order valence-electron chi connectivity index (χ0n) is 17.2. The van der Waals surface area contributed by atoms with Crippen LogP contribution in [0.2, 0.25) is 0 Å². The summed E-state index contributed by atoms with van der Waals surface area (Å²) >= 11 is 0. The Balaban J connectivity index is 2.17. The standard InChI is InChI=1S/C22H36O4/c1-15(14-19(23)25-5)8-10-17-16(2)9-11-18-21(17,3)12-7-13-22(18,4)20(24)26-6/h15,17-18H,2,7-14H2,1,3-6H3/t15-,17-,18-,21+,22+/m1/s1. The first-order chi connectivity index (χ1) is 12.2. The first kappa shape index (κ1) is 21.0. The van der Waals surface area contributed by atoms with Crippen molar-refractivity contribution in [2.24, 2.45) is 28.6 Å². The van der Waals surface area contributed by atoms with Gasteiger partial charge in [0.05, 0.1) is 19.6 Å². The van der Waals surface area contributed by atoms with Crippen molar-refractivity contribution in [3.8, 4) is 0 Å². The second-order valence-electron chi connectivity index (χ2n) is 9.03. The topological polar surface area (TPSA) is 52.6 Å². The van der Waals surface area contributed by atoms with Crippen molar-refractivity contribution in [3.63, 3.8) is 0 Å². The van der Waals surface area contributed by atoms with E-state index in [0.717, 1.165) is 44.9 Å². The van der Waals surface area contributed by atoms with Crippen LogP contribution in [0, 0.1) is 28.6 Å². The Morgan fingerprint density at radius 3 is 2.54 bits per heavy atom. The van der Waals surface area contributed by atoms with E-state index in [2.05, 4.69) is 27.4 Å². The molecule has 0 aliphatic heterocycles. The van der Waals surface area contributed by atoms with E-state index in [0.29, 0.717) is 24.2 Å². The lowest BCUT2D eigenvalue weighted by atomic mass is 9.46. The molecule has 0 spiro atoms. The van der Waals surface area contributed by atoms with Gasteiger partial charge in [0.15, 0.2) is 0 Å². The second kappa shape index (κ2) is 8.14. The number of hydrogen-bond acceptors (Lipinski definition) is 4. The number of carbonyl (C=O) groups is 2. The van der Waals surface area contributed by atoms with Crippen LogP contribution in [0.3, 0.4) is 0 Å². The Morgan fingerprint density at radius 1 is 1.23 bits per heavy atom. The monoisotopic (exact) mass is 364 g/mol. The van der Waals surface area contributed by atoms with Crippen LogP contribution >= 0.6 is 0 Å². The molecule has 26 heavy (non-hydrogen) atoms. The first-order valence-corrected chi connectivity index (χ1v) is 10.0. The van der Waals surface area contributed by atoms with Crippen molar-refractivity contribution in [2.45, 2.75) is 72.1 Å². The summed E-state index contributed by atoms with van der Waals surface area (Å²) in [5.41, 5.74) is 1.02. The van der Waals surface area contributed by atoms with Crippen molar-refractivity contribution in [1.82, 2.24) is 0 Å². The molecule has 0 unspecified atom stereocenters. The van der Waals surface area contributed by atoms with Crippen molar-refractivity contribution in [1.29, 1.82) is 0 Å². The predicted octanol–water partition coefficient (Wildman–Crippen LogP) is 4.92. The Kier molecular flexibility index (Phi) is 6.57. The van der Waals surface area contributed by atoms with Crippen molar-refractivity contribution in [2.75, 3.05) is 14.2 Å². The molecule has 0 radical (unpaired) electrons. The van der Waals surface area contributed by atoms with E-state index in [1.54, 1.807) is 0 Å². The highest BCUT2D eigenvalue weighted by Gasteiger charge is 2.57. The lowest BCUT2D eigenvalue weighted by Gasteiger charge is -2.57. The number of rotatable bonds is 6. The maximum Gasteiger partial charge on any atom is 0.311 e. The fraction of sp³-hybridized carbons (Fsp3) is 0.818. The molecule has 0 aromatic rings. The van der Waals surface area contributed by atoms with Gasteiger partial charge in [0.1, 0.15) is 0 Å². The molecule has 4 heteroatoms. The number of hydrogen-bond donors (Lipinski definition) is 0. The normalized spacial score (nSPS) is 35.3. The Morgan fingerprint density at radius 2 is 1.92 bits per heavy atom. The quantitative estimate of drug-likeness (QED) is 0.496. The minimum atomic E-state index is -0.391. The van der Waals surface area contributed by atoms with Crippen molar-refractivity contribution in [3.05, 3.63) is 12.2 Å². The van der Waals surface area contributed by atoms with Gasteiger partial charge in [-0.3, -0.25) is 9.59 Å². The van der Waals surface area contributed by atoms with Crippen LogP contribution in [0.4, 0.5) is 0 Å². The fourth-order valence-corrected chi connectivity index (χ4v) is 5.88. The molecule has 0 bridgehead atoms. The Hall–Kier alpha value is -1.32. The van der Waals surface area contributed by atoms with Gasteiger partial charge in [0.25, 0.3) is 0 Å². The molecule has 0 heterocycles. The first-order valence-electron chi connectivity index (χ1n) is 10.0. The summed E-state index contributed by atoms with van der Waals surface area (Å²) in [5.74, 6) is 0.849. The smallest absolute Gasteiger partial charge is 0.311 e. The molecular weight excluding hydrogens is 328 g/mol. The molecule has 2 rings (SSSR count). The van der Waals surface area contributed by atoms with Crippen molar-refractivity contribution >= 4 is 11.9 Å². The Bertz CT molecular complexity index is 554. The average Bonchev–Trinajstić information content (AvgIpc) is 2.59. The van der Waals surface area contributed by atoms with Gasteiger partial charge in [-0.25, -0.2) is 0 Å². The van der Waals surface area contributed by atoms with E-state index in [1.807, 2.05) is 0 Å². The second-order valence-corrected chi connectivity index (χ2v) is 9.03. The number of fused-ring (bicyclic) bond motifs is 1. The van der Waals surface area contributed by atoms with Crippen LogP contribution in [0.5, 0.6) is 0 Å². The maximum atomic E-state index is 12.6. The van der Waals surface area contributed by atoms with Gasteiger partial charge in [-0.2, -0.15) is 0 Å². The van der Waals surface area contributed by atoms with Gasteiger partial charge in [0.2, 0.25) is 0 Å². The average molecular weight is 365 g/mol. The lowest BCUT2D eigenvalue weighted by Crippen LogP contribution is -2.53. The van der Waals surface area contributed by atoms with Crippen LogP contribution in [-0.4, -0.2) is 26.2 Å². The summed E-state index contributed by atoms with van der Waals surface area (Å²) in [6.45, 7) is 11.0. The lowest BCUT2D eigenvalue weighted by molar-refractivity contribution is -0.168. The molecule has 0 amide bonds. The summed E-state index contributed by atoms with van der Waals surface area (Å²) in [7, 11) is 2.95. The van der Waals surface area contributed by atoms with E-state index >= 15 is 0 Å². The zero-order chi connectivity index (χ0) is 19.5. The van der Waals surface area contributed by atoms with Crippen LogP contribution in [0.15, 0.2) is 12.2 Å². The van der Waals surface area contributed by atoms with Gasteiger partial charge in [-0.15, -0.1) is 0 Å². The summed E-state index contributed by atoms with van der Waals surface area (Å²) in [6, 6.07) is 0. The number of carbonyl (C=O) groups excluding carboxylic acids is 2. The van der Waals surface area contributed by atoms with Gasteiger partial charge < -0.3 is 9.47 Å². The molecule has 0 aromatic heterocycles. The summed E-state index contributed by atoms with van der Waals surface area (Å²) in [6.07, 6.45) is 7.60. The van der Waals surface area contributed by atoms with Gasteiger partial charge >= 0.3 is 11.9 Å². The number of esters is 2. The molecule has 148 valence electrons. The third kappa shape index (κ3) is 3.84.